The molecule has 0 amide bonds. The zero-order valence-electron chi connectivity index (χ0n) is 10.4. The summed E-state index contributed by atoms with van der Waals surface area (Å²) in [5, 5.41) is 9.23. The minimum absolute atomic E-state index is 0.187. The zero-order chi connectivity index (χ0) is 11.8. The highest BCUT2D eigenvalue weighted by atomic mass is 16.4. The average molecular weight is 213 g/mol. The van der Waals surface area contributed by atoms with E-state index in [0.717, 1.165) is 13.1 Å². The molecule has 3 nitrogen and oxygen atoms in total. The van der Waals surface area contributed by atoms with Crippen LogP contribution in [0.5, 0.6) is 0 Å². The first-order chi connectivity index (χ1) is 6.73. The smallest absolute Gasteiger partial charge is 0.321 e. The molecule has 3 heteroatoms. The van der Waals surface area contributed by atoms with Gasteiger partial charge in [-0.15, -0.1) is 0 Å². The molecule has 1 heterocycles. The minimum atomic E-state index is -0.690. The highest BCUT2D eigenvalue weighted by molar-refractivity contribution is 5.74. The van der Waals surface area contributed by atoms with E-state index in [9.17, 15) is 9.90 Å². The minimum Gasteiger partial charge on any atom is -0.480 e. The third-order valence-electron chi connectivity index (χ3n) is 3.30. The van der Waals surface area contributed by atoms with Gasteiger partial charge in [0.2, 0.25) is 0 Å². The Morgan fingerprint density at radius 2 is 1.80 bits per heavy atom. The molecule has 15 heavy (non-hydrogen) atoms. The van der Waals surface area contributed by atoms with Crippen molar-refractivity contribution in [1.82, 2.24) is 4.90 Å². The molecule has 1 atom stereocenters. The summed E-state index contributed by atoms with van der Waals surface area (Å²) in [6.45, 7) is 12.3. The van der Waals surface area contributed by atoms with Crippen LogP contribution in [0.25, 0.3) is 0 Å². The molecule has 1 aliphatic rings. The second-order valence-corrected chi connectivity index (χ2v) is 6.06. The van der Waals surface area contributed by atoms with E-state index in [1.165, 1.54) is 0 Å². The first-order valence-electron chi connectivity index (χ1n) is 5.70. The molecule has 88 valence electrons. The molecule has 0 bridgehead atoms. The monoisotopic (exact) mass is 213 g/mol. The quantitative estimate of drug-likeness (QED) is 0.780. The van der Waals surface area contributed by atoms with Crippen LogP contribution in [0.4, 0.5) is 0 Å². The highest BCUT2D eigenvalue weighted by Gasteiger charge is 2.42. The number of carboxylic acids is 1. The van der Waals surface area contributed by atoms with Crippen molar-refractivity contribution in [2.24, 2.45) is 17.3 Å². The maximum Gasteiger partial charge on any atom is 0.321 e. The Bertz CT molecular complexity index is 236. The lowest BCUT2D eigenvalue weighted by molar-refractivity contribution is -0.152. The Morgan fingerprint density at radius 3 is 2.07 bits per heavy atom. The summed E-state index contributed by atoms with van der Waals surface area (Å²) in [6.07, 6.45) is 0. The van der Waals surface area contributed by atoms with Gasteiger partial charge >= 0.3 is 5.97 Å². The third-order valence-corrected chi connectivity index (χ3v) is 3.30. The SMILES string of the molecule is CC(C)C1CN(C(C(=O)O)C(C)(C)C)C1. The van der Waals surface area contributed by atoms with Crippen LogP contribution < -0.4 is 0 Å². The molecule has 0 saturated carbocycles. The van der Waals surface area contributed by atoms with Crippen molar-refractivity contribution in [3.8, 4) is 0 Å². The lowest BCUT2D eigenvalue weighted by Crippen LogP contribution is -2.60. The molecule has 0 aromatic heterocycles. The summed E-state index contributed by atoms with van der Waals surface area (Å²) < 4.78 is 0. The van der Waals surface area contributed by atoms with E-state index < -0.39 is 5.97 Å². The van der Waals surface area contributed by atoms with E-state index in [1.54, 1.807) is 0 Å². The summed E-state index contributed by atoms with van der Waals surface area (Å²) in [4.78, 5) is 13.3. The fourth-order valence-corrected chi connectivity index (χ4v) is 2.26. The normalized spacial score (nSPS) is 21.5. The van der Waals surface area contributed by atoms with E-state index in [2.05, 4.69) is 18.7 Å². The topological polar surface area (TPSA) is 40.5 Å². The molecule has 0 aromatic carbocycles. The molecular formula is C12H23NO2. The van der Waals surface area contributed by atoms with E-state index in [-0.39, 0.29) is 11.5 Å². The molecule has 1 rings (SSSR count). The number of hydrogen-bond donors (Lipinski definition) is 1. The van der Waals surface area contributed by atoms with Crippen LogP contribution in [0.2, 0.25) is 0 Å². The molecule has 0 spiro atoms. The van der Waals surface area contributed by atoms with E-state index >= 15 is 0 Å². The largest absolute Gasteiger partial charge is 0.480 e. The standard InChI is InChI=1S/C12H23NO2/c1-8(2)9-6-13(7-9)10(11(14)15)12(3,4)5/h8-10H,6-7H2,1-5H3,(H,14,15). The third kappa shape index (κ3) is 2.71. The maximum atomic E-state index is 11.2. The van der Waals surface area contributed by atoms with Gasteiger partial charge in [-0.1, -0.05) is 34.6 Å². The average Bonchev–Trinajstić information content (AvgIpc) is 1.90. The second-order valence-electron chi connectivity index (χ2n) is 6.06. The van der Waals surface area contributed by atoms with Crippen LogP contribution in [-0.4, -0.2) is 35.1 Å². The zero-order valence-corrected chi connectivity index (χ0v) is 10.4. The van der Waals surface area contributed by atoms with Crippen LogP contribution in [0.15, 0.2) is 0 Å². The molecule has 1 aliphatic heterocycles. The van der Waals surface area contributed by atoms with Crippen molar-refractivity contribution in [2.75, 3.05) is 13.1 Å². The number of rotatable bonds is 3. The first-order valence-corrected chi connectivity index (χ1v) is 5.70. The van der Waals surface area contributed by atoms with E-state index in [4.69, 9.17) is 0 Å². The van der Waals surface area contributed by atoms with Crippen LogP contribution in [0.3, 0.4) is 0 Å². The molecule has 0 aromatic rings. The van der Waals surface area contributed by atoms with Crippen LogP contribution in [0.1, 0.15) is 34.6 Å². The van der Waals surface area contributed by atoms with Gasteiger partial charge in [0.1, 0.15) is 6.04 Å². The van der Waals surface area contributed by atoms with Gasteiger partial charge in [0.15, 0.2) is 0 Å². The Hall–Kier alpha value is -0.570. The van der Waals surface area contributed by atoms with Crippen molar-refractivity contribution in [3.05, 3.63) is 0 Å². The van der Waals surface area contributed by atoms with Crippen LogP contribution in [-0.2, 0) is 4.79 Å². The fourth-order valence-electron chi connectivity index (χ4n) is 2.26. The Kier molecular flexibility index (Phi) is 3.44. The number of carbonyl (C=O) groups is 1. The first kappa shape index (κ1) is 12.5. The van der Waals surface area contributed by atoms with Gasteiger partial charge in [-0.3, -0.25) is 9.69 Å². The maximum absolute atomic E-state index is 11.2. The van der Waals surface area contributed by atoms with Crippen molar-refractivity contribution < 1.29 is 9.90 Å². The predicted octanol–water partition coefficient (Wildman–Crippen LogP) is 2.07. The summed E-state index contributed by atoms with van der Waals surface area (Å²) in [7, 11) is 0. The molecule has 1 N–H and O–H groups in total. The van der Waals surface area contributed by atoms with Crippen LogP contribution in [0, 0.1) is 17.3 Å². The number of aliphatic carboxylic acids is 1. The number of likely N-dealkylation sites (tertiary alicyclic amines) is 1. The molecule has 0 aliphatic carbocycles. The lowest BCUT2D eigenvalue weighted by Gasteiger charge is -2.48. The summed E-state index contributed by atoms with van der Waals surface area (Å²) >= 11 is 0. The van der Waals surface area contributed by atoms with Gasteiger partial charge in [0, 0.05) is 13.1 Å². The fraction of sp³-hybridized carbons (Fsp3) is 0.917. The van der Waals surface area contributed by atoms with Gasteiger partial charge in [-0.25, -0.2) is 0 Å². The van der Waals surface area contributed by atoms with Crippen molar-refractivity contribution in [2.45, 2.75) is 40.7 Å². The van der Waals surface area contributed by atoms with Gasteiger partial charge in [0.25, 0.3) is 0 Å². The van der Waals surface area contributed by atoms with Crippen molar-refractivity contribution in [3.63, 3.8) is 0 Å². The van der Waals surface area contributed by atoms with Gasteiger partial charge in [0.05, 0.1) is 0 Å². The molecule has 0 radical (unpaired) electrons. The molecule has 1 unspecified atom stereocenters. The number of carboxylic acid groups (broad SMARTS) is 1. The van der Waals surface area contributed by atoms with Gasteiger partial charge in [-0.2, -0.15) is 0 Å². The number of nitrogens with zero attached hydrogens (tertiary/aromatic N) is 1. The summed E-state index contributed by atoms with van der Waals surface area (Å²) in [5.41, 5.74) is -0.187. The van der Waals surface area contributed by atoms with Crippen molar-refractivity contribution >= 4 is 5.97 Å². The second kappa shape index (κ2) is 4.12. The van der Waals surface area contributed by atoms with Crippen LogP contribution >= 0.6 is 0 Å². The summed E-state index contributed by atoms with van der Waals surface area (Å²) in [6, 6.07) is -0.340. The lowest BCUT2D eigenvalue weighted by atomic mass is 9.80. The highest BCUT2D eigenvalue weighted by Crippen LogP contribution is 2.32. The molecule has 1 saturated heterocycles. The molecular weight excluding hydrogens is 190 g/mol. The van der Waals surface area contributed by atoms with E-state index in [1.807, 2.05) is 20.8 Å². The number of hydrogen-bond acceptors (Lipinski definition) is 2. The predicted molar refractivity (Wildman–Crippen MR) is 60.8 cm³/mol. The van der Waals surface area contributed by atoms with Gasteiger partial charge in [-0.05, 0) is 17.3 Å². The van der Waals surface area contributed by atoms with Crippen molar-refractivity contribution in [1.29, 1.82) is 0 Å². The Labute approximate surface area is 92.5 Å². The Balaban J connectivity index is 2.59. The summed E-state index contributed by atoms with van der Waals surface area (Å²) in [5.74, 6) is 0.648. The van der Waals surface area contributed by atoms with Gasteiger partial charge < -0.3 is 5.11 Å². The Morgan fingerprint density at radius 1 is 1.33 bits per heavy atom. The van der Waals surface area contributed by atoms with E-state index in [0.29, 0.717) is 11.8 Å². The molecule has 1 fully saturated rings.